The van der Waals surface area contributed by atoms with Crippen LogP contribution in [0.1, 0.15) is 24.0 Å². The van der Waals surface area contributed by atoms with Crippen molar-refractivity contribution in [2.24, 2.45) is 0 Å². The molecule has 0 radical (unpaired) electrons. The van der Waals surface area contributed by atoms with Crippen molar-refractivity contribution in [1.29, 1.82) is 0 Å². The van der Waals surface area contributed by atoms with E-state index in [1.54, 1.807) is 12.2 Å². The van der Waals surface area contributed by atoms with Gasteiger partial charge in [-0.25, -0.2) is 0 Å². The van der Waals surface area contributed by atoms with Crippen molar-refractivity contribution in [2.45, 2.75) is 19.4 Å². The third-order valence-electron chi connectivity index (χ3n) is 5.48. The van der Waals surface area contributed by atoms with E-state index in [2.05, 4.69) is 16.3 Å². The number of amides is 2. The third-order valence-corrected chi connectivity index (χ3v) is 6.42. The molecule has 0 aromatic heterocycles. The van der Waals surface area contributed by atoms with Gasteiger partial charge >= 0.3 is 0 Å². The molecule has 2 saturated heterocycles. The number of nitrogens with zero attached hydrogens (tertiary/aromatic N) is 2. The fraction of sp³-hybridized carbons (Fsp3) is 0.333. The Bertz CT molecular complexity index is 920. The Morgan fingerprint density at radius 2 is 1.80 bits per heavy atom. The Balaban J connectivity index is 1.36. The molecule has 0 unspecified atom stereocenters. The molecule has 0 spiro atoms. The van der Waals surface area contributed by atoms with Gasteiger partial charge in [0.15, 0.2) is 0 Å². The minimum absolute atomic E-state index is 0.143. The van der Waals surface area contributed by atoms with E-state index in [4.69, 9.17) is 0 Å². The van der Waals surface area contributed by atoms with E-state index in [0.29, 0.717) is 6.42 Å². The van der Waals surface area contributed by atoms with E-state index in [9.17, 15) is 9.59 Å². The van der Waals surface area contributed by atoms with Crippen LogP contribution in [0.3, 0.4) is 0 Å². The van der Waals surface area contributed by atoms with Crippen LogP contribution >= 0.6 is 11.8 Å². The summed E-state index contributed by atoms with van der Waals surface area (Å²) in [6.07, 6.45) is 4.90. The first kappa shape index (κ1) is 20.7. The zero-order valence-corrected chi connectivity index (χ0v) is 17.9. The molecule has 2 aromatic rings. The van der Waals surface area contributed by atoms with Crippen LogP contribution in [0.25, 0.3) is 6.08 Å². The molecule has 0 aliphatic carbocycles. The van der Waals surface area contributed by atoms with Crippen LogP contribution in [0, 0.1) is 0 Å². The smallest absolute Gasteiger partial charge is 0.248 e. The molecule has 6 heteroatoms. The average molecular weight is 422 g/mol. The highest BCUT2D eigenvalue weighted by Gasteiger charge is 2.21. The van der Waals surface area contributed by atoms with Gasteiger partial charge in [0, 0.05) is 61.6 Å². The lowest BCUT2D eigenvalue weighted by molar-refractivity contribution is -0.117. The number of carbonyl (C=O) groups excluding carboxylic acids is 2. The molecule has 2 heterocycles. The molecule has 5 nitrogen and oxygen atoms in total. The summed E-state index contributed by atoms with van der Waals surface area (Å²) in [6.45, 7) is 3.82. The van der Waals surface area contributed by atoms with Crippen LogP contribution in [0.15, 0.2) is 54.6 Å². The molecule has 4 rings (SSSR count). The van der Waals surface area contributed by atoms with E-state index in [0.717, 1.165) is 55.1 Å². The second-order valence-electron chi connectivity index (χ2n) is 7.61. The molecule has 2 fully saturated rings. The summed E-state index contributed by atoms with van der Waals surface area (Å²) in [5.74, 6) is 2.37. The molecular formula is C24H27N3O2S. The summed E-state index contributed by atoms with van der Waals surface area (Å²) in [5, 5.41) is 3.02. The summed E-state index contributed by atoms with van der Waals surface area (Å²) in [7, 11) is 0. The van der Waals surface area contributed by atoms with Crippen LogP contribution in [0.5, 0.6) is 0 Å². The lowest BCUT2D eigenvalue weighted by Crippen LogP contribution is -2.32. The first-order valence-electron chi connectivity index (χ1n) is 10.5. The Hall–Kier alpha value is -2.57. The van der Waals surface area contributed by atoms with Gasteiger partial charge in [0.1, 0.15) is 0 Å². The van der Waals surface area contributed by atoms with Gasteiger partial charge in [0.2, 0.25) is 11.8 Å². The van der Waals surface area contributed by atoms with Crippen LogP contribution in [-0.2, 0) is 16.1 Å². The first-order valence-corrected chi connectivity index (χ1v) is 11.6. The lowest BCUT2D eigenvalue weighted by Gasteiger charge is -2.27. The van der Waals surface area contributed by atoms with Crippen LogP contribution in [0.2, 0.25) is 0 Å². The van der Waals surface area contributed by atoms with Gasteiger partial charge < -0.3 is 10.2 Å². The molecule has 156 valence electrons. The van der Waals surface area contributed by atoms with Crippen LogP contribution in [0.4, 0.5) is 11.4 Å². The first-order chi connectivity index (χ1) is 14.7. The quantitative estimate of drug-likeness (QED) is 0.716. The summed E-state index contributed by atoms with van der Waals surface area (Å²) in [6, 6.07) is 15.8. The maximum absolute atomic E-state index is 12.5. The van der Waals surface area contributed by atoms with Gasteiger partial charge in [0.05, 0.1) is 0 Å². The second-order valence-corrected chi connectivity index (χ2v) is 8.83. The van der Waals surface area contributed by atoms with Crippen molar-refractivity contribution in [1.82, 2.24) is 4.90 Å². The fourth-order valence-electron chi connectivity index (χ4n) is 3.81. The molecule has 0 bridgehead atoms. The monoisotopic (exact) mass is 421 g/mol. The summed E-state index contributed by atoms with van der Waals surface area (Å²) in [4.78, 5) is 28.6. The van der Waals surface area contributed by atoms with Gasteiger partial charge in [-0.15, -0.1) is 0 Å². The highest BCUT2D eigenvalue weighted by molar-refractivity contribution is 7.99. The van der Waals surface area contributed by atoms with Crippen molar-refractivity contribution >= 4 is 41.0 Å². The number of carbonyl (C=O) groups is 2. The van der Waals surface area contributed by atoms with Crippen LogP contribution < -0.4 is 10.2 Å². The number of hydrogen-bond acceptors (Lipinski definition) is 4. The Morgan fingerprint density at radius 1 is 1.03 bits per heavy atom. The molecule has 2 aliphatic rings. The maximum Gasteiger partial charge on any atom is 0.248 e. The van der Waals surface area contributed by atoms with Crippen molar-refractivity contribution < 1.29 is 9.59 Å². The Kier molecular flexibility index (Phi) is 6.87. The van der Waals surface area contributed by atoms with Gasteiger partial charge in [0.25, 0.3) is 0 Å². The molecule has 30 heavy (non-hydrogen) atoms. The number of thioether (sulfide) groups is 1. The second kappa shape index (κ2) is 9.96. The molecule has 2 amide bonds. The summed E-state index contributed by atoms with van der Waals surface area (Å²) >= 11 is 2.00. The van der Waals surface area contributed by atoms with Crippen molar-refractivity contribution in [3.8, 4) is 0 Å². The molecular weight excluding hydrogens is 394 g/mol. The Morgan fingerprint density at radius 3 is 2.53 bits per heavy atom. The number of para-hydroxylation sites is 1. The van der Waals surface area contributed by atoms with E-state index in [1.807, 2.05) is 59.1 Å². The average Bonchev–Trinajstić information content (AvgIpc) is 3.21. The minimum Gasteiger partial charge on any atom is -0.322 e. The Labute approximate surface area is 182 Å². The summed E-state index contributed by atoms with van der Waals surface area (Å²) < 4.78 is 0. The lowest BCUT2D eigenvalue weighted by atomic mass is 10.1. The van der Waals surface area contributed by atoms with Crippen molar-refractivity contribution in [2.75, 3.05) is 41.4 Å². The predicted molar refractivity (Wildman–Crippen MR) is 125 cm³/mol. The van der Waals surface area contributed by atoms with Crippen molar-refractivity contribution in [3.05, 3.63) is 65.7 Å². The highest BCUT2D eigenvalue weighted by Crippen LogP contribution is 2.22. The van der Waals surface area contributed by atoms with E-state index in [1.165, 1.54) is 11.5 Å². The minimum atomic E-state index is -0.143. The fourth-order valence-corrected chi connectivity index (χ4v) is 4.79. The topological polar surface area (TPSA) is 52.7 Å². The number of hydrogen-bond donors (Lipinski definition) is 1. The third kappa shape index (κ3) is 5.32. The number of nitrogens with one attached hydrogen (secondary N) is 1. The van der Waals surface area contributed by atoms with E-state index in [-0.39, 0.29) is 11.8 Å². The van der Waals surface area contributed by atoms with Gasteiger partial charge in [-0.1, -0.05) is 30.3 Å². The largest absolute Gasteiger partial charge is 0.322 e. The molecule has 0 saturated carbocycles. The number of rotatable bonds is 6. The van der Waals surface area contributed by atoms with Crippen LogP contribution in [-0.4, -0.2) is 47.9 Å². The van der Waals surface area contributed by atoms with E-state index < -0.39 is 0 Å². The summed E-state index contributed by atoms with van der Waals surface area (Å²) in [5.41, 5.74) is 3.86. The predicted octanol–water partition coefficient (Wildman–Crippen LogP) is 4.01. The number of benzene rings is 2. The highest BCUT2D eigenvalue weighted by atomic mass is 32.2. The van der Waals surface area contributed by atoms with Gasteiger partial charge in [-0.05, 0) is 41.8 Å². The van der Waals surface area contributed by atoms with Gasteiger partial charge in [-0.3, -0.25) is 14.5 Å². The standard InChI is InChI=1S/C24H27N3O2S/c28-23(12-9-19-7-10-21(11-8-19)27-13-3-6-24(27)29)25-22-5-2-1-4-20(22)18-26-14-16-30-17-15-26/h1-2,4-5,7-12H,3,6,13-18H2,(H,25,28)/b12-9+. The zero-order valence-electron chi connectivity index (χ0n) is 17.0. The molecule has 0 atom stereocenters. The van der Waals surface area contributed by atoms with E-state index >= 15 is 0 Å². The SMILES string of the molecule is O=C(/C=C/c1ccc(N2CCCC2=O)cc1)Nc1ccccc1CN1CCSCC1. The maximum atomic E-state index is 12.5. The van der Waals surface area contributed by atoms with Crippen molar-refractivity contribution in [3.63, 3.8) is 0 Å². The molecule has 2 aromatic carbocycles. The normalized spacial score (nSPS) is 17.6. The molecule has 1 N–H and O–H groups in total. The molecule has 2 aliphatic heterocycles. The number of anilines is 2. The zero-order chi connectivity index (χ0) is 20.8. The van der Waals surface area contributed by atoms with Gasteiger partial charge in [-0.2, -0.15) is 11.8 Å².